The van der Waals surface area contributed by atoms with Gasteiger partial charge in [0.2, 0.25) is 0 Å². The molecule has 1 aliphatic heterocycles. The Balaban J connectivity index is 2.55. The molecule has 100 valence electrons. The summed E-state index contributed by atoms with van der Waals surface area (Å²) in [5.41, 5.74) is 1.41. The third-order valence-electron chi connectivity index (χ3n) is 3.33. The van der Waals surface area contributed by atoms with Crippen molar-refractivity contribution >= 4 is 15.5 Å². The van der Waals surface area contributed by atoms with Crippen LogP contribution in [0.2, 0.25) is 0 Å². The highest BCUT2D eigenvalue weighted by atomic mass is 32.2. The van der Waals surface area contributed by atoms with Crippen molar-refractivity contribution in [3.63, 3.8) is 0 Å². The van der Waals surface area contributed by atoms with Gasteiger partial charge in [-0.25, -0.2) is 12.8 Å². The van der Waals surface area contributed by atoms with E-state index in [1.807, 2.05) is 13.8 Å². The molecule has 5 heteroatoms. The lowest BCUT2D eigenvalue weighted by molar-refractivity contribution is 0.552. The maximum absolute atomic E-state index is 14.0. The molecule has 2 rings (SSSR count). The van der Waals surface area contributed by atoms with E-state index in [0.717, 1.165) is 11.3 Å². The number of sulfone groups is 1. The number of rotatable bonds is 3. The number of fused-ring (bicyclic) bond motifs is 1. The van der Waals surface area contributed by atoms with E-state index >= 15 is 0 Å². The first-order valence-corrected chi connectivity index (χ1v) is 7.74. The van der Waals surface area contributed by atoms with Crippen LogP contribution in [0.25, 0.3) is 0 Å². The largest absolute Gasteiger partial charge is 0.384 e. The molecule has 0 aromatic heterocycles. The average Bonchev–Trinajstić information content (AvgIpc) is 2.54. The van der Waals surface area contributed by atoms with Gasteiger partial charge in [0.25, 0.3) is 0 Å². The minimum Gasteiger partial charge on any atom is -0.384 e. The van der Waals surface area contributed by atoms with Crippen LogP contribution in [-0.4, -0.2) is 20.7 Å². The van der Waals surface area contributed by atoms with Crippen molar-refractivity contribution in [1.29, 1.82) is 0 Å². The second-order valence-corrected chi connectivity index (χ2v) is 7.46. The Morgan fingerprint density at radius 2 is 2.06 bits per heavy atom. The maximum atomic E-state index is 14.0. The molecule has 3 nitrogen and oxygen atoms in total. The summed E-state index contributed by atoms with van der Waals surface area (Å²) in [5.74, 6) is -0.662. The summed E-state index contributed by atoms with van der Waals surface area (Å²) in [6.07, 6.45) is 0.484. The predicted molar refractivity (Wildman–Crippen MR) is 70.3 cm³/mol. The van der Waals surface area contributed by atoms with Crippen LogP contribution in [0.4, 0.5) is 10.1 Å². The molecule has 0 aliphatic carbocycles. The van der Waals surface area contributed by atoms with Gasteiger partial charge < -0.3 is 5.32 Å². The lowest BCUT2D eigenvalue weighted by atomic mass is 9.87. The van der Waals surface area contributed by atoms with Crippen molar-refractivity contribution in [2.24, 2.45) is 0 Å². The van der Waals surface area contributed by atoms with Gasteiger partial charge in [0, 0.05) is 17.6 Å². The summed E-state index contributed by atoms with van der Waals surface area (Å²) >= 11 is 0. The lowest BCUT2D eigenvalue weighted by Crippen LogP contribution is -2.19. The van der Waals surface area contributed by atoms with Gasteiger partial charge in [-0.1, -0.05) is 20.8 Å². The standard InChI is InChI=1S/C13H18FNO2S/c1-4-5-18(16,17)12-7-11-9(6-10(12)14)13(2,3)8-15-11/h6-7,15H,4-5,8H2,1-3H3. The Labute approximate surface area is 107 Å². The molecule has 18 heavy (non-hydrogen) atoms. The third kappa shape index (κ3) is 2.11. The molecule has 0 saturated carbocycles. The van der Waals surface area contributed by atoms with Crippen molar-refractivity contribution < 1.29 is 12.8 Å². The van der Waals surface area contributed by atoms with Gasteiger partial charge in [0.15, 0.2) is 9.84 Å². The molecule has 0 bridgehead atoms. The minimum atomic E-state index is -3.51. The van der Waals surface area contributed by atoms with Crippen LogP contribution in [0, 0.1) is 5.82 Å². The Bertz CT molecular complexity index is 579. The average molecular weight is 271 g/mol. The first-order valence-electron chi connectivity index (χ1n) is 6.08. The number of hydrogen-bond donors (Lipinski definition) is 1. The van der Waals surface area contributed by atoms with E-state index in [0.29, 0.717) is 13.0 Å². The van der Waals surface area contributed by atoms with Crippen molar-refractivity contribution in [2.45, 2.75) is 37.5 Å². The molecule has 1 aromatic carbocycles. The third-order valence-corrected chi connectivity index (χ3v) is 5.26. The molecular weight excluding hydrogens is 253 g/mol. The molecule has 0 spiro atoms. The minimum absolute atomic E-state index is 0.0217. The lowest BCUT2D eigenvalue weighted by Gasteiger charge is -2.17. The fraction of sp³-hybridized carbons (Fsp3) is 0.538. The van der Waals surface area contributed by atoms with Gasteiger partial charge in [0.05, 0.1) is 5.75 Å². The summed E-state index contributed by atoms with van der Waals surface area (Å²) in [6.45, 7) is 6.47. The van der Waals surface area contributed by atoms with Crippen LogP contribution in [0.15, 0.2) is 17.0 Å². The Morgan fingerprint density at radius 3 is 2.67 bits per heavy atom. The van der Waals surface area contributed by atoms with E-state index in [1.165, 1.54) is 12.1 Å². The zero-order valence-electron chi connectivity index (χ0n) is 10.9. The Hall–Kier alpha value is -1.10. The molecule has 1 heterocycles. The van der Waals surface area contributed by atoms with Gasteiger partial charge in [-0.15, -0.1) is 0 Å². The van der Waals surface area contributed by atoms with Crippen LogP contribution < -0.4 is 5.32 Å². The number of anilines is 1. The second-order valence-electron chi connectivity index (χ2n) is 5.38. The van der Waals surface area contributed by atoms with Crippen LogP contribution in [0.3, 0.4) is 0 Å². The van der Waals surface area contributed by atoms with Crippen molar-refractivity contribution in [2.75, 3.05) is 17.6 Å². The highest BCUT2D eigenvalue weighted by Gasteiger charge is 2.32. The van der Waals surface area contributed by atoms with Crippen molar-refractivity contribution in [1.82, 2.24) is 0 Å². The number of halogens is 1. The van der Waals surface area contributed by atoms with Crippen molar-refractivity contribution in [3.8, 4) is 0 Å². The fourth-order valence-electron chi connectivity index (χ4n) is 2.29. The number of benzene rings is 1. The maximum Gasteiger partial charge on any atom is 0.181 e. The molecule has 0 saturated heterocycles. The van der Waals surface area contributed by atoms with E-state index < -0.39 is 15.7 Å². The monoisotopic (exact) mass is 271 g/mol. The Morgan fingerprint density at radius 1 is 1.39 bits per heavy atom. The van der Waals surface area contributed by atoms with Crippen LogP contribution in [-0.2, 0) is 15.3 Å². The Kier molecular flexibility index (Phi) is 3.13. The SMILES string of the molecule is CCCS(=O)(=O)c1cc2c(cc1F)C(C)(C)CN2. The summed E-state index contributed by atoms with van der Waals surface area (Å²) in [4.78, 5) is -0.187. The van der Waals surface area contributed by atoms with Crippen LogP contribution >= 0.6 is 0 Å². The zero-order chi connectivity index (χ0) is 13.6. The molecule has 1 N–H and O–H groups in total. The molecule has 0 atom stereocenters. The van der Waals surface area contributed by atoms with Gasteiger partial charge in [-0.3, -0.25) is 0 Å². The van der Waals surface area contributed by atoms with E-state index in [1.54, 1.807) is 6.92 Å². The first-order chi connectivity index (χ1) is 8.28. The van der Waals surface area contributed by atoms with E-state index in [9.17, 15) is 12.8 Å². The molecule has 1 aliphatic rings. The van der Waals surface area contributed by atoms with Crippen LogP contribution in [0.5, 0.6) is 0 Å². The first kappa shape index (κ1) is 13.3. The summed E-state index contributed by atoms with van der Waals surface area (Å²) < 4.78 is 37.9. The molecule has 0 fully saturated rings. The predicted octanol–water partition coefficient (Wildman–Crippen LogP) is 2.71. The highest BCUT2D eigenvalue weighted by Crippen LogP contribution is 2.38. The highest BCUT2D eigenvalue weighted by molar-refractivity contribution is 7.91. The zero-order valence-corrected chi connectivity index (χ0v) is 11.7. The molecule has 0 radical (unpaired) electrons. The van der Waals surface area contributed by atoms with E-state index in [2.05, 4.69) is 5.32 Å². The molecule has 0 amide bonds. The van der Waals surface area contributed by atoms with E-state index in [-0.39, 0.29) is 16.1 Å². The summed E-state index contributed by atoms with van der Waals surface area (Å²) in [6, 6.07) is 2.79. The van der Waals surface area contributed by atoms with Gasteiger partial charge >= 0.3 is 0 Å². The van der Waals surface area contributed by atoms with Crippen LogP contribution in [0.1, 0.15) is 32.8 Å². The molecular formula is C13H18FNO2S. The molecule has 0 unspecified atom stereocenters. The van der Waals surface area contributed by atoms with E-state index in [4.69, 9.17) is 0 Å². The van der Waals surface area contributed by atoms with Gasteiger partial charge in [0.1, 0.15) is 10.7 Å². The smallest absolute Gasteiger partial charge is 0.181 e. The summed E-state index contributed by atoms with van der Waals surface area (Å²) in [7, 11) is -3.51. The quantitative estimate of drug-likeness (QED) is 0.919. The second kappa shape index (κ2) is 4.23. The normalized spacial score (nSPS) is 17.3. The number of hydrogen-bond acceptors (Lipinski definition) is 3. The summed E-state index contributed by atoms with van der Waals surface area (Å²) in [5, 5.41) is 3.14. The van der Waals surface area contributed by atoms with Crippen molar-refractivity contribution in [3.05, 3.63) is 23.5 Å². The topological polar surface area (TPSA) is 46.2 Å². The van der Waals surface area contributed by atoms with Gasteiger partial charge in [-0.2, -0.15) is 0 Å². The molecule has 1 aromatic rings. The van der Waals surface area contributed by atoms with Gasteiger partial charge in [-0.05, 0) is 24.1 Å². The fourth-order valence-corrected chi connectivity index (χ4v) is 3.70. The number of nitrogens with one attached hydrogen (secondary N) is 1.